The third-order valence-electron chi connectivity index (χ3n) is 13.1. The summed E-state index contributed by atoms with van der Waals surface area (Å²) in [5.41, 5.74) is 4.37. The van der Waals surface area contributed by atoms with Gasteiger partial charge in [0.1, 0.15) is 24.0 Å². The summed E-state index contributed by atoms with van der Waals surface area (Å²) in [6.45, 7) is 8.72. The van der Waals surface area contributed by atoms with Gasteiger partial charge in [0.05, 0.1) is 32.4 Å². The molecule has 12 heteroatoms. The summed E-state index contributed by atoms with van der Waals surface area (Å²) in [5.74, 6) is 0.742. The summed E-state index contributed by atoms with van der Waals surface area (Å²) in [5, 5.41) is 40.7. The fourth-order valence-electron chi connectivity index (χ4n) is 9.74. The first-order valence-corrected chi connectivity index (χ1v) is 20.3. The number of aliphatic hydroxyl groups excluding tert-OH is 3. The number of anilines is 1. The molecule has 5 N–H and O–H groups in total. The maximum atomic E-state index is 14.3. The number of fused-ring (bicyclic) bond motifs is 2. The van der Waals surface area contributed by atoms with Gasteiger partial charge < -0.3 is 40.5 Å². The van der Waals surface area contributed by atoms with Crippen LogP contribution in [0, 0.1) is 29.1 Å². The average molecular weight is 786 g/mol. The third kappa shape index (κ3) is 8.72. The second kappa shape index (κ2) is 17.4. The van der Waals surface area contributed by atoms with Crippen molar-refractivity contribution in [1.29, 1.82) is 0 Å². The molecule has 4 aliphatic rings. The number of methoxy groups -OCH3 is 1. The fraction of sp³-hybridized carbons (Fsp3) is 0.556. The summed E-state index contributed by atoms with van der Waals surface area (Å²) in [6, 6.07) is 19.2. The number of hydrogen-bond donors (Lipinski definition) is 5. The van der Waals surface area contributed by atoms with Gasteiger partial charge >= 0.3 is 0 Å². The molecule has 0 spiro atoms. The topological polar surface area (TPSA) is 147 Å². The van der Waals surface area contributed by atoms with Crippen molar-refractivity contribution in [2.75, 3.05) is 53.4 Å². The van der Waals surface area contributed by atoms with Crippen LogP contribution in [0.15, 0.2) is 66.7 Å². The van der Waals surface area contributed by atoms with Crippen LogP contribution in [0.3, 0.4) is 0 Å². The van der Waals surface area contributed by atoms with E-state index in [4.69, 9.17) is 9.57 Å². The SMILES string of the molecule is COc1c(CN2O[C@@H](CO)[C@@H]([C@H](C)O)[C@H]2C(=O)N[C@H]2C[C@H]3C[C@@H]([C@@H]2C)C3(C)C)cccc1-c1cc(C(=O)N[C@@H](CN(C)C)[C@@H](O)c2ccccc2)cc(N(C)C)c1. The molecule has 0 radical (unpaired) electrons. The normalized spacial score (nSPS) is 26.9. The van der Waals surface area contributed by atoms with E-state index in [-0.39, 0.29) is 36.4 Å². The number of nitrogens with one attached hydrogen (secondary N) is 2. The molecule has 12 nitrogen and oxygen atoms in total. The smallest absolute Gasteiger partial charge is 0.251 e. The highest BCUT2D eigenvalue weighted by Gasteiger charge is 2.57. The zero-order chi connectivity index (χ0) is 41.3. The van der Waals surface area contributed by atoms with E-state index in [2.05, 4.69) is 31.4 Å². The minimum Gasteiger partial charge on any atom is -0.496 e. The van der Waals surface area contributed by atoms with Gasteiger partial charge in [-0.1, -0.05) is 69.3 Å². The van der Waals surface area contributed by atoms with Gasteiger partial charge in [-0.15, -0.1) is 0 Å². The van der Waals surface area contributed by atoms with Gasteiger partial charge in [0.15, 0.2) is 0 Å². The molecule has 1 heterocycles. The third-order valence-corrected chi connectivity index (χ3v) is 13.1. The van der Waals surface area contributed by atoms with Gasteiger partial charge in [-0.3, -0.25) is 14.4 Å². The number of carbonyl (C=O) groups excluding carboxylic acids is 2. The quantitative estimate of drug-likeness (QED) is 0.150. The van der Waals surface area contributed by atoms with Crippen molar-refractivity contribution in [3.63, 3.8) is 0 Å². The number of amides is 2. The zero-order valence-corrected chi connectivity index (χ0v) is 35.0. The molecule has 4 fully saturated rings. The van der Waals surface area contributed by atoms with Crippen LogP contribution in [-0.2, 0) is 16.2 Å². The van der Waals surface area contributed by atoms with Gasteiger partial charge in [0.2, 0.25) is 5.91 Å². The Morgan fingerprint density at radius 2 is 1.74 bits per heavy atom. The van der Waals surface area contributed by atoms with Crippen LogP contribution in [0.5, 0.6) is 5.75 Å². The highest BCUT2D eigenvalue weighted by Crippen LogP contribution is 2.61. The Balaban J connectivity index is 1.29. The largest absolute Gasteiger partial charge is 0.496 e. The highest BCUT2D eigenvalue weighted by molar-refractivity contribution is 5.97. The van der Waals surface area contributed by atoms with Crippen molar-refractivity contribution in [2.24, 2.45) is 29.1 Å². The van der Waals surface area contributed by atoms with Crippen LogP contribution in [0.4, 0.5) is 5.69 Å². The van der Waals surface area contributed by atoms with Crippen molar-refractivity contribution in [3.05, 3.63) is 83.4 Å². The molecule has 3 aliphatic carbocycles. The Morgan fingerprint density at radius 1 is 1.02 bits per heavy atom. The molecule has 10 atom stereocenters. The van der Waals surface area contributed by atoms with Crippen LogP contribution >= 0.6 is 0 Å². The zero-order valence-electron chi connectivity index (χ0n) is 35.0. The molecular weight excluding hydrogens is 723 g/mol. The van der Waals surface area contributed by atoms with E-state index in [0.29, 0.717) is 41.2 Å². The van der Waals surface area contributed by atoms with Gasteiger partial charge in [0.25, 0.3) is 5.91 Å². The predicted molar refractivity (Wildman–Crippen MR) is 222 cm³/mol. The predicted octanol–water partition coefficient (Wildman–Crippen LogP) is 4.48. The summed E-state index contributed by atoms with van der Waals surface area (Å²) in [6.07, 6.45) is -0.515. The first-order valence-electron chi connectivity index (χ1n) is 20.3. The Labute approximate surface area is 338 Å². The molecule has 57 heavy (non-hydrogen) atoms. The standard InChI is InChI=1S/C45H63N5O7/c1-26-35-21-32(45(35,3)4)22-36(26)46-44(55)40-39(27(2)52)38(25-51)57-50(40)23-29-16-13-17-34(42(29)56-9)30-18-31(20-33(19-30)49(7)8)43(54)47-37(24-48(5)6)41(53)28-14-11-10-12-15-28/h10-20,26-27,32,35-41,51-53H,21-25H2,1-9H3,(H,46,55)(H,47,54)/t26-,27-,32+,35-,36-,37-,38-,39+,40-,41-/m0/s1. The first-order chi connectivity index (χ1) is 27.0. The second-order valence-corrected chi connectivity index (χ2v) is 17.6. The maximum Gasteiger partial charge on any atom is 0.251 e. The number of hydrogen-bond acceptors (Lipinski definition) is 10. The number of benzene rings is 3. The maximum absolute atomic E-state index is 14.3. The van der Waals surface area contributed by atoms with Crippen LogP contribution in [0.2, 0.25) is 0 Å². The van der Waals surface area contributed by atoms with Gasteiger partial charge in [-0.25, -0.2) is 0 Å². The molecule has 0 aromatic heterocycles. The first kappa shape index (κ1) is 42.6. The number of ether oxygens (including phenoxy) is 1. The van der Waals surface area contributed by atoms with Crippen LogP contribution in [0.25, 0.3) is 11.1 Å². The van der Waals surface area contributed by atoms with Crippen molar-refractivity contribution in [1.82, 2.24) is 20.6 Å². The lowest BCUT2D eigenvalue weighted by Gasteiger charge is -2.62. The molecule has 1 saturated heterocycles. The number of carbonyl (C=O) groups is 2. The molecule has 3 aromatic carbocycles. The number of para-hydroxylation sites is 1. The van der Waals surface area contributed by atoms with Crippen LogP contribution in [-0.4, -0.2) is 116 Å². The molecule has 3 saturated carbocycles. The van der Waals surface area contributed by atoms with E-state index >= 15 is 0 Å². The number of likely N-dealkylation sites (N-methyl/N-ethyl adjacent to an activating group) is 1. The van der Waals surface area contributed by atoms with Crippen LogP contribution in [0.1, 0.15) is 68.1 Å². The second-order valence-electron chi connectivity index (χ2n) is 17.6. The molecule has 0 unspecified atom stereocenters. The molecule has 7 rings (SSSR count). The number of hydroxylamine groups is 2. The minimum atomic E-state index is -0.924. The lowest BCUT2D eigenvalue weighted by atomic mass is 9.45. The van der Waals surface area contributed by atoms with E-state index in [1.165, 1.54) is 6.42 Å². The van der Waals surface area contributed by atoms with Crippen molar-refractivity contribution < 1.29 is 34.5 Å². The number of nitrogens with zero attached hydrogens (tertiary/aromatic N) is 3. The van der Waals surface area contributed by atoms with Gasteiger partial charge in [-0.05, 0) is 86.4 Å². The van der Waals surface area contributed by atoms with Crippen LogP contribution < -0.4 is 20.3 Å². The highest BCUT2D eigenvalue weighted by atomic mass is 16.7. The van der Waals surface area contributed by atoms with Crippen molar-refractivity contribution in [3.8, 4) is 16.9 Å². The van der Waals surface area contributed by atoms with Gasteiger partial charge in [-0.2, -0.15) is 5.06 Å². The van der Waals surface area contributed by atoms with E-state index < -0.39 is 36.3 Å². The van der Waals surface area contributed by atoms with Crippen molar-refractivity contribution in [2.45, 2.75) is 83.5 Å². The molecule has 2 bridgehead atoms. The Hall–Kier alpha value is -4.04. The molecular formula is C45H63N5O7. The van der Waals surface area contributed by atoms with E-state index in [1.807, 2.05) is 105 Å². The number of rotatable bonds is 15. The molecule has 310 valence electrons. The van der Waals surface area contributed by atoms with E-state index in [0.717, 1.165) is 28.8 Å². The van der Waals surface area contributed by atoms with E-state index in [1.54, 1.807) is 19.1 Å². The lowest BCUT2D eigenvalue weighted by Crippen LogP contribution is -2.62. The lowest BCUT2D eigenvalue weighted by molar-refractivity contribution is -0.183. The fourth-order valence-corrected chi connectivity index (χ4v) is 9.74. The summed E-state index contributed by atoms with van der Waals surface area (Å²) in [4.78, 5) is 38.5. The monoisotopic (exact) mass is 785 g/mol. The van der Waals surface area contributed by atoms with Gasteiger partial charge in [0, 0.05) is 55.0 Å². The molecule has 1 aliphatic heterocycles. The summed E-state index contributed by atoms with van der Waals surface area (Å²) in [7, 11) is 9.21. The Morgan fingerprint density at radius 3 is 2.33 bits per heavy atom. The summed E-state index contributed by atoms with van der Waals surface area (Å²) < 4.78 is 6.09. The molecule has 3 aromatic rings. The van der Waals surface area contributed by atoms with Crippen molar-refractivity contribution >= 4 is 17.5 Å². The Bertz CT molecular complexity index is 1870. The minimum absolute atomic E-state index is 0.0203. The molecule has 2 amide bonds. The summed E-state index contributed by atoms with van der Waals surface area (Å²) >= 11 is 0. The average Bonchev–Trinajstić information content (AvgIpc) is 3.56. The van der Waals surface area contributed by atoms with E-state index in [9.17, 15) is 24.9 Å². The number of aliphatic hydroxyl groups is 3. The Kier molecular flexibility index (Phi) is 13.0.